The lowest BCUT2D eigenvalue weighted by molar-refractivity contribution is -0.120. The molecule has 0 fully saturated rings. The molecule has 0 bridgehead atoms. The smallest absolute Gasteiger partial charge is 0.239 e. The van der Waals surface area contributed by atoms with E-state index < -0.39 is 6.04 Å². The van der Waals surface area contributed by atoms with Crippen molar-refractivity contribution in [3.05, 3.63) is 29.6 Å². The first-order chi connectivity index (χ1) is 7.56. The van der Waals surface area contributed by atoms with Gasteiger partial charge in [-0.05, 0) is 37.5 Å². The predicted octanol–water partition coefficient (Wildman–Crippen LogP) is 1.30. The maximum absolute atomic E-state index is 11.4. The number of hydrogen-bond acceptors (Lipinski definition) is 3. The predicted molar refractivity (Wildman–Crippen MR) is 63.8 cm³/mol. The summed E-state index contributed by atoms with van der Waals surface area (Å²) in [6.07, 6.45) is 4.35. The zero-order valence-corrected chi connectivity index (χ0v) is 10.0. The number of aromatic nitrogens is 1. The normalized spacial score (nSPS) is 14.4. The molecule has 88 valence electrons. The highest BCUT2D eigenvalue weighted by Gasteiger charge is 2.20. The second-order valence-corrected chi connectivity index (χ2v) is 4.04. The molecule has 1 rings (SSSR count). The van der Waals surface area contributed by atoms with Crippen LogP contribution in [0, 0.1) is 6.92 Å². The van der Waals surface area contributed by atoms with Gasteiger partial charge in [-0.25, -0.2) is 0 Å². The molecule has 16 heavy (non-hydrogen) atoms. The van der Waals surface area contributed by atoms with Gasteiger partial charge >= 0.3 is 0 Å². The number of primary amides is 1. The molecule has 0 aliphatic carbocycles. The number of carbonyl (C=O) groups excluding carboxylic acids is 1. The number of nitrogens with zero attached hydrogens (tertiary/aromatic N) is 1. The number of hydrogen-bond donors (Lipinski definition) is 2. The van der Waals surface area contributed by atoms with Gasteiger partial charge in [0.05, 0.1) is 0 Å². The molecule has 4 heteroatoms. The summed E-state index contributed by atoms with van der Waals surface area (Å²) in [7, 11) is 0. The Morgan fingerprint density at radius 3 is 2.81 bits per heavy atom. The maximum Gasteiger partial charge on any atom is 0.239 e. The lowest BCUT2D eigenvalue weighted by atomic mass is 10.0. The molecule has 0 aliphatic heterocycles. The molecule has 1 aromatic heterocycles. The molecule has 0 saturated carbocycles. The van der Waals surface area contributed by atoms with Gasteiger partial charge in [-0.15, -0.1) is 0 Å². The summed E-state index contributed by atoms with van der Waals surface area (Å²) in [6, 6.07) is 1.67. The standard InChI is InChI=1S/C12H19N3O/c1-4-9(3)15-11(12(13)16)10-7-14-6-5-8(10)2/h5-7,9,11,15H,4H2,1-3H3,(H2,13,16). The molecule has 1 aromatic rings. The van der Waals surface area contributed by atoms with Crippen LogP contribution in [0.25, 0.3) is 0 Å². The maximum atomic E-state index is 11.4. The van der Waals surface area contributed by atoms with Crippen molar-refractivity contribution in [3.8, 4) is 0 Å². The van der Waals surface area contributed by atoms with E-state index in [-0.39, 0.29) is 11.9 Å². The first kappa shape index (κ1) is 12.6. The van der Waals surface area contributed by atoms with Crippen molar-refractivity contribution in [2.75, 3.05) is 0 Å². The summed E-state index contributed by atoms with van der Waals surface area (Å²) in [5, 5.41) is 3.21. The Kier molecular flexibility index (Phi) is 4.43. The second kappa shape index (κ2) is 5.61. The Hall–Kier alpha value is -1.42. The largest absolute Gasteiger partial charge is 0.368 e. The fourth-order valence-corrected chi connectivity index (χ4v) is 1.51. The monoisotopic (exact) mass is 221 g/mol. The third-order valence-corrected chi connectivity index (χ3v) is 2.74. The van der Waals surface area contributed by atoms with Crippen LogP contribution in [0.2, 0.25) is 0 Å². The van der Waals surface area contributed by atoms with E-state index in [0.29, 0.717) is 0 Å². The Balaban J connectivity index is 2.94. The van der Waals surface area contributed by atoms with Crippen molar-refractivity contribution >= 4 is 5.91 Å². The van der Waals surface area contributed by atoms with E-state index in [1.807, 2.05) is 19.9 Å². The zero-order valence-electron chi connectivity index (χ0n) is 10.0. The molecular formula is C12H19N3O. The summed E-state index contributed by atoms with van der Waals surface area (Å²) in [5.74, 6) is -0.364. The van der Waals surface area contributed by atoms with Gasteiger partial charge in [0.2, 0.25) is 5.91 Å². The molecule has 2 atom stereocenters. The first-order valence-corrected chi connectivity index (χ1v) is 5.52. The average molecular weight is 221 g/mol. The third kappa shape index (κ3) is 3.03. The number of rotatable bonds is 5. The van der Waals surface area contributed by atoms with Crippen molar-refractivity contribution in [3.63, 3.8) is 0 Å². The van der Waals surface area contributed by atoms with Crippen molar-refractivity contribution in [1.29, 1.82) is 0 Å². The van der Waals surface area contributed by atoms with Gasteiger partial charge in [-0.1, -0.05) is 6.92 Å². The number of pyridine rings is 1. The zero-order chi connectivity index (χ0) is 12.1. The average Bonchev–Trinajstić information content (AvgIpc) is 2.26. The molecule has 0 radical (unpaired) electrons. The highest BCUT2D eigenvalue weighted by molar-refractivity contribution is 5.81. The van der Waals surface area contributed by atoms with Gasteiger partial charge in [-0.3, -0.25) is 15.1 Å². The minimum Gasteiger partial charge on any atom is -0.368 e. The van der Waals surface area contributed by atoms with Crippen molar-refractivity contribution < 1.29 is 4.79 Å². The van der Waals surface area contributed by atoms with Crippen molar-refractivity contribution in [2.45, 2.75) is 39.3 Å². The number of amides is 1. The lowest BCUT2D eigenvalue weighted by Crippen LogP contribution is -2.38. The van der Waals surface area contributed by atoms with E-state index in [4.69, 9.17) is 5.73 Å². The van der Waals surface area contributed by atoms with Gasteiger partial charge in [0.1, 0.15) is 6.04 Å². The van der Waals surface area contributed by atoms with Crippen LogP contribution in [-0.4, -0.2) is 16.9 Å². The van der Waals surface area contributed by atoms with Crippen molar-refractivity contribution in [1.82, 2.24) is 10.3 Å². The molecule has 1 amide bonds. The number of aryl methyl sites for hydroxylation is 1. The minimum atomic E-state index is -0.455. The van der Waals surface area contributed by atoms with Crippen LogP contribution in [0.5, 0.6) is 0 Å². The van der Waals surface area contributed by atoms with E-state index in [1.165, 1.54) is 0 Å². The Morgan fingerprint density at radius 1 is 1.62 bits per heavy atom. The Morgan fingerprint density at radius 2 is 2.31 bits per heavy atom. The molecule has 0 aromatic carbocycles. The quantitative estimate of drug-likeness (QED) is 0.787. The van der Waals surface area contributed by atoms with E-state index in [1.54, 1.807) is 12.4 Å². The van der Waals surface area contributed by atoms with Gasteiger partial charge in [0.15, 0.2) is 0 Å². The molecule has 0 spiro atoms. The van der Waals surface area contributed by atoms with Crippen LogP contribution in [0.3, 0.4) is 0 Å². The van der Waals surface area contributed by atoms with E-state index in [2.05, 4.69) is 17.2 Å². The summed E-state index contributed by atoms with van der Waals surface area (Å²) in [4.78, 5) is 15.5. The van der Waals surface area contributed by atoms with Crippen LogP contribution < -0.4 is 11.1 Å². The molecular weight excluding hydrogens is 202 g/mol. The summed E-state index contributed by atoms with van der Waals surface area (Å²) in [6.45, 7) is 6.04. The van der Waals surface area contributed by atoms with Gasteiger partial charge in [0.25, 0.3) is 0 Å². The summed E-state index contributed by atoms with van der Waals surface area (Å²) >= 11 is 0. The van der Waals surface area contributed by atoms with Crippen LogP contribution >= 0.6 is 0 Å². The van der Waals surface area contributed by atoms with Gasteiger partial charge < -0.3 is 5.73 Å². The topological polar surface area (TPSA) is 68.0 Å². The molecule has 3 N–H and O–H groups in total. The lowest BCUT2D eigenvalue weighted by Gasteiger charge is -2.21. The fourth-order valence-electron chi connectivity index (χ4n) is 1.51. The van der Waals surface area contributed by atoms with Gasteiger partial charge in [0, 0.05) is 18.4 Å². The number of carbonyl (C=O) groups is 1. The molecule has 4 nitrogen and oxygen atoms in total. The summed E-state index contributed by atoms with van der Waals surface area (Å²) < 4.78 is 0. The van der Waals surface area contributed by atoms with Gasteiger partial charge in [-0.2, -0.15) is 0 Å². The number of nitrogens with one attached hydrogen (secondary N) is 1. The molecule has 0 aliphatic rings. The highest BCUT2D eigenvalue weighted by atomic mass is 16.1. The second-order valence-electron chi connectivity index (χ2n) is 4.04. The van der Waals surface area contributed by atoms with E-state index in [9.17, 15) is 4.79 Å². The Labute approximate surface area is 96.3 Å². The van der Waals surface area contributed by atoms with E-state index in [0.717, 1.165) is 17.5 Å². The summed E-state index contributed by atoms with van der Waals surface area (Å²) in [5.41, 5.74) is 7.29. The van der Waals surface area contributed by atoms with Crippen molar-refractivity contribution in [2.24, 2.45) is 5.73 Å². The first-order valence-electron chi connectivity index (χ1n) is 5.52. The molecule has 1 heterocycles. The fraction of sp³-hybridized carbons (Fsp3) is 0.500. The molecule has 0 saturated heterocycles. The van der Waals surface area contributed by atoms with Crippen LogP contribution in [-0.2, 0) is 4.79 Å². The van der Waals surface area contributed by atoms with Crippen LogP contribution in [0.15, 0.2) is 18.5 Å². The SMILES string of the molecule is CCC(C)NC(C(N)=O)c1cnccc1C. The Bertz CT molecular complexity index is 365. The van der Waals surface area contributed by atoms with Crippen LogP contribution in [0.4, 0.5) is 0 Å². The highest BCUT2D eigenvalue weighted by Crippen LogP contribution is 2.16. The molecule has 2 unspecified atom stereocenters. The van der Waals surface area contributed by atoms with Crippen LogP contribution in [0.1, 0.15) is 37.4 Å². The van der Waals surface area contributed by atoms with E-state index >= 15 is 0 Å². The third-order valence-electron chi connectivity index (χ3n) is 2.74. The minimum absolute atomic E-state index is 0.247. The number of nitrogens with two attached hydrogens (primary N) is 1.